The van der Waals surface area contributed by atoms with E-state index >= 15 is 0 Å². The number of benzene rings is 1. The van der Waals surface area contributed by atoms with E-state index in [1.54, 1.807) is 12.1 Å². The van der Waals surface area contributed by atoms with Crippen LogP contribution in [0.1, 0.15) is 23.2 Å². The number of anilines is 2. The van der Waals surface area contributed by atoms with Crippen LogP contribution in [0, 0.1) is 5.92 Å². The number of nitrogens with two attached hydrogens (primary N) is 1. The Hall–Kier alpha value is -1.75. The van der Waals surface area contributed by atoms with Gasteiger partial charge in [0.1, 0.15) is 0 Å². The highest BCUT2D eigenvalue weighted by molar-refractivity contribution is 5.90. The van der Waals surface area contributed by atoms with E-state index in [4.69, 9.17) is 10.8 Å². The standard InChI is InChI=1S/C14H21N3O2/c1-17-6-4-10(5-7-17)9-16-13-8-11(14(18)19)2-3-12(13)15/h2-3,8,10,16H,4-7,9,15H2,1H3,(H,18,19). The van der Waals surface area contributed by atoms with E-state index in [0.29, 0.717) is 11.6 Å². The van der Waals surface area contributed by atoms with Crippen molar-refractivity contribution in [3.8, 4) is 0 Å². The summed E-state index contributed by atoms with van der Waals surface area (Å²) in [6, 6.07) is 4.77. The number of hydrogen-bond donors (Lipinski definition) is 3. The molecule has 0 radical (unpaired) electrons. The first-order valence-electron chi connectivity index (χ1n) is 6.61. The van der Waals surface area contributed by atoms with E-state index in [1.165, 1.54) is 18.9 Å². The summed E-state index contributed by atoms with van der Waals surface area (Å²) in [6.07, 6.45) is 2.34. The lowest BCUT2D eigenvalue weighted by molar-refractivity contribution is 0.0697. The normalized spacial score (nSPS) is 17.3. The van der Waals surface area contributed by atoms with Crippen molar-refractivity contribution in [3.63, 3.8) is 0 Å². The van der Waals surface area contributed by atoms with Crippen LogP contribution in [0.4, 0.5) is 11.4 Å². The minimum atomic E-state index is -0.928. The second-order valence-corrected chi connectivity index (χ2v) is 5.23. The average molecular weight is 263 g/mol. The predicted octanol–water partition coefficient (Wildman–Crippen LogP) is 1.72. The zero-order valence-corrected chi connectivity index (χ0v) is 11.2. The summed E-state index contributed by atoms with van der Waals surface area (Å²) < 4.78 is 0. The topological polar surface area (TPSA) is 78.6 Å². The molecule has 0 bridgehead atoms. The molecule has 0 saturated carbocycles. The number of rotatable bonds is 4. The van der Waals surface area contributed by atoms with E-state index in [1.807, 2.05) is 0 Å². The molecule has 5 heteroatoms. The van der Waals surface area contributed by atoms with Gasteiger partial charge in [0.2, 0.25) is 0 Å². The number of nitrogens with one attached hydrogen (secondary N) is 1. The fourth-order valence-corrected chi connectivity index (χ4v) is 2.36. The molecule has 2 rings (SSSR count). The molecule has 19 heavy (non-hydrogen) atoms. The van der Waals surface area contributed by atoms with Gasteiger partial charge in [0.05, 0.1) is 16.9 Å². The molecule has 5 nitrogen and oxygen atoms in total. The van der Waals surface area contributed by atoms with Crippen LogP contribution in [-0.2, 0) is 0 Å². The molecule has 0 unspecified atom stereocenters. The first kappa shape index (κ1) is 13.7. The van der Waals surface area contributed by atoms with Crippen molar-refractivity contribution in [1.29, 1.82) is 0 Å². The molecule has 1 aliphatic heterocycles. The number of aromatic carboxylic acids is 1. The Morgan fingerprint density at radius 3 is 2.79 bits per heavy atom. The Kier molecular flexibility index (Phi) is 4.27. The summed E-state index contributed by atoms with van der Waals surface area (Å²) in [5.41, 5.74) is 7.44. The van der Waals surface area contributed by atoms with E-state index in [2.05, 4.69) is 17.3 Å². The van der Waals surface area contributed by atoms with Gasteiger partial charge in [0.25, 0.3) is 0 Å². The Morgan fingerprint density at radius 1 is 1.47 bits per heavy atom. The fourth-order valence-electron chi connectivity index (χ4n) is 2.36. The van der Waals surface area contributed by atoms with Crippen molar-refractivity contribution < 1.29 is 9.90 Å². The second-order valence-electron chi connectivity index (χ2n) is 5.23. The van der Waals surface area contributed by atoms with Crippen LogP contribution in [0.2, 0.25) is 0 Å². The third-order valence-electron chi connectivity index (χ3n) is 3.72. The number of carbonyl (C=O) groups is 1. The van der Waals surface area contributed by atoms with Gasteiger partial charge in [0, 0.05) is 6.54 Å². The molecule has 0 aromatic heterocycles. The lowest BCUT2D eigenvalue weighted by atomic mass is 9.97. The number of carboxylic acid groups (broad SMARTS) is 1. The zero-order valence-electron chi connectivity index (χ0n) is 11.2. The van der Waals surface area contributed by atoms with Crippen LogP contribution in [0.3, 0.4) is 0 Å². The molecule has 1 heterocycles. The smallest absolute Gasteiger partial charge is 0.335 e. The minimum Gasteiger partial charge on any atom is -0.478 e. The van der Waals surface area contributed by atoms with Gasteiger partial charge < -0.3 is 21.1 Å². The Morgan fingerprint density at radius 2 is 2.16 bits per heavy atom. The molecule has 1 saturated heterocycles. The maximum atomic E-state index is 10.9. The van der Waals surface area contributed by atoms with Crippen LogP contribution >= 0.6 is 0 Å². The number of likely N-dealkylation sites (tertiary alicyclic amines) is 1. The third-order valence-corrected chi connectivity index (χ3v) is 3.72. The van der Waals surface area contributed by atoms with Crippen molar-refractivity contribution in [2.75, 3.05) is 37.7 Å². The monoisotopic (exact) mass is 263 g/mol. The molecule has 1 aromatic rings. The SMILES string of the molecule is CN1CCC(CNc2cc(C(=O)O)ccc2N)CC1. The molecule has 0 amide bonds. The molecule has 4 N–H and O–H groups in total. The van der Waals surface area contributed by atoms with Gasteiger partial charge in [0.15, 0.2) is 0 Å². The van der Waals surface area contributed by atoms with Gasteiger partial charge in [-0.1, -0.05) is 0 Å². The third kappa shape index (κ3) is 3.61. The van der Waals surface area contributed by atoms with Gasteiger partial charge in [-0.3, -0.25) is 0 Å². The van der Waals surface area contributed by atoms with Crippen LogP contribution < -0.4 is 11.1 Å². The van der Waals surface area contributed by atoms with E-state index in [9.17, 15) is 4.79 Å². The Balaban J connectivity index is 1.95. The number of carboxylic acids is 1. The van der Waals surface area contributed by atoms with E-state index in [-0.39, 0.29) is 5.56 Å². The van der Waals surface area contributed by atoms with Gasteiger partial charge in [-0.15, -0.1) is 0 Å². The van der Waals surface area contributed by atoms with Crippen molar-refractivity contribution in [2.45, 2.75) is 12.8 Å². The summed E-state index contributed by atoms with van der Waals surface area (Å²) in [5.74, 6) is -0.300. The first-order chi connectivity index (χ1) is 9.06. The molecule has 1 fully saturated rings. The summed E-state index contributed by atoms with van der Waals surface area (Å²) in [6.45, 7) is 3.09. The molecule has 1 aromatic carbocycles. The highest BCUT2D eigenvalue weighted by atomic mass is 16.4. The zero-order chi connectivity index (χ0) is 13.8. The summed E-state index contributed by atoms with van der Waals surface area (Å²) in [7, 11) is 2.14. The van der Waals surface area contributed by atoms with Crippen LogP contribution in [0.15, 0.2) is 18.2 Å². The molecule has 0 atom stereocenters. The van der Waals surface area contributed by atoms with Gasteiger partial charge in [-0.05, 0) is 57.1 Å². The molecule has 1 aliphatic rings. The quantitative estimate of drug-likeness (QED) is 0.721. The lowest BCUT2D eigenvalue weighted by Gasteiger charge is -2.29. The molecule has 0 aliphatic carbocycles. The number of piperidine rings is 1. The van der Waals surface area contributed by atoms with Gasteiger partial charge in [-0.25, -0.2) is 4.79 Å². The lowest BCUT2D eigenvalue weighted by Crippen LogP contribution is -2.33. The largest absolute Gasteiger partial charge is 0.478 e. The first-order valence-corrected chi connectivity index (χ1v) is 6.61. The molecule has 104 valence electrons. The van der Waals surface area contributed by atoms with Crippen molar-refractivity contribution in [3.05, 3.63) is 23.8 Å². The van der Waals surface area contributed by atoms with E-state index < -0.39 is 5.97 Å². The highest BCUT2D eigenvalue weighted by Crippen LogP contribution is 2.22. The van der Waals surface area contributed by atoms with Crippen LogP contribution in [0.25, 0.3) is 0 Å². The number of hydrogen-bond acceptors (Lipinski definition) is 4. The maximum absolute atomic E-state index is 10.9. The van der Waals surface area contributed by atoms with Crippen LogP contribution in [-0.4, -0.2) is 42.7 Å². The Labute approximate surface area is 113 Å². The second kappa shape index (κ2) is 5.93. The maximum Gasteiger partial charge on any atom is 0.335 e. The Bertz CT molecular complexity index is 454. The van der Waals surface area contributed by atoms with Crippen molar-refractivity contribution in [2.24, 2.45) is 5.92 Å². The summed E-state index contributed by atoms with van der Waals surface area (Å²) in [5, 5.41) is 12.3. The van der Waals surface area contributed by atoms with Gasteiger partial charge in [-0.2, -0.15) is 0 Å². The fraction of sp³-hybridized carbons (Fsp3) is 0.500. The number of nitrogens with zero attached hydrogens (tertiary/aromatic N) is 1. The van der Waals surface area contributed by atoms with E-state index in [0.717, 1.165) is 25.3 Å². The molecular weight excluding hydrogens is 242 g/mol. The molecular formula is C14H21N3O2. The highest BCUT2D eigenvalue weighted by Gasteiger charge is 2.16. The molecule has 0 spiro atoms. The summed E-state index contributed by atoms with van der Waals surface area (Å²) in [4.78, 5) is 13.3. The van der Waals surface area contributed by atoms with Crippen molar-refractivity contribution >= 4 is 17.3 Å². The predicted molar refractivity (Wildman–Crippen MR) is 76.5 cm³/mol. The number of nitrogen functional groups attached to an aromatic ring is 1. The van der Waals surface area contributed by atoms with Crippen LogP contribution in [0.5, 0.6) is 0 Å². The van der Waals surface area contributed by atoms with Crippen molar-refractivity contribution in [1.82, 2.24) is 4.90 Å². The minimum absolute atomic E-state index is 0.264. The average Bonchev–Trinajstić information content (AvgIpc) is 2.39. The summed E-state index contributed by atoms with van der Waals surface area (Å²) >= 11 is 0. The van der Waals surface area contributed by atoms with Gasteiger partial charge >= 0.3 is 5.97 Å².